The Morgan fingerprint density at radius 3 is 3.09 bits per heavy atom. The maximum absolute atomic E-state index is 12.6. The number of carbonyl (C=O) groups excluding carboxylic acids is 1. The average Bonchev–Trinajstić information content (AvgIpc) is 3.14. The molecule has 1 aliphatic heterocycles. The van der Waals surface area contributed by atoms with Crippen LogP contribution in [0.2, 0.25) is 0 Å². The van der Waals surface area contributed by atoms with Crippen LogP contribution in [-0.2, 0) is 22.7 Å². The van der Waals surface area contributed by atoms with Crippen LogP contribution < -0.4 is 5.32 Å². The lowest BCUT2D eigenvalue weighted by Gasteiger charge is -2.30. The maximum atomic E-state index is 12.6. The molecule has 1 aromatic carbocycles. The lowest BCUT2D eigenvalue weighted by molar-refractivity contribution is -0.134. The minimum Gasteiger partial charge on any atom is -0.392 e. The van der Waals surface area contributed by atoms with E-state index in [1.807, 2.05) is 24.3 Å². The summed E-state index contributed by atoms with van der Waals surface area (Å²) >= 11 is 0. The number of hydrogen-bond donors (Lipinski definition) is 3. The number of aromatic nitrogens is 2. The van der Waals surface area contributed by atoms with Gasteiger partial charge < -0.3 is 15.2 Å². The third kappa shape index (κ3) is 3.78. The highest BCUT2D eigenvalue weighted by molar-refractivity contribution is 5.79. The van der Waals surface area contributed by atoms with Crippen molar-refractivity contribution >= 4 is 5.91 Å². The number of H-pyrrole nitrogens is 1. The number of benzene rings is 1. The van der Waals surface area contributed by atoms with Crippen molar-refractivity contribution < 1.29 is 14.6 Å². The van der Waals surface area contributed by atoms with E-state index in [1.54, 1.807) is 12.4 Å². The summed E-state index contributed by atoms with van der Waals surface area (Å²) in [5.74, 6) is -0.215. The Balaban J connectivity index is 1.64. The normalized spacial score (nSPS) is 21.1. The molecule has 0 unspecified atom stereocenters. The fourth-order valence-corrected chi connectivity index (χ4v) is 2.95. The summed E-state index contributed by atoms with van der Waals surface area (Å²) in [5, 5.41) is 18.9. The number of nitrogens with zero attached hydrogens (tertiary/aromatic N) is 1. The molecule has 0 spiro atoms. The summed E-state index contributed by atoms with van der Waals surface area (Å²) < 4.78 is 5.79. The van der Waals surface area contributed by atoms with Crippen LogP contribution in [0.4, 0.5) is 0 Å². The van der Waals surface area contributed by atoms with Gasteiger partial charge in [-0.05, 0) is 24.0 Å². The number of carbonyl (C=O) groups is 1. The molecule has 1 fully saturated rings. The van der Waals surface area contributed by atoms with E-state index in [0.29, 0.717) is 13.2 Å². The molecule has 3 rings (SSSR count). The number of nitrogens with one attached hydrogen (secondary N) is 2. The van der Waals surface area contributed by atoms with Gasteiger partial charge in [-0.1, -0.05) is 24.3 Å². The Hall–Kier alpha value is -2.18. The highest BCUT2D eigenvalue weighted by Gasteiger charge is 2.33. The van der Waals surface area contributed by atoms with Crippen molar-refractivity contribution in [3.63, 3.8) is 0 Å². The van der Waals surface area contributed by atoms with E-state index in [9.17, 15) is 9.90 Å². The fraction of sp³-hybridized carbons (Fsp3) is 0.412. The summed E-state index contributed by atoms with van der Waals surface area (Å²) in [4.78, 5) is 12.6. The van der Waals surface area contributed by atoms with Crippen molar-refractivity contribution in [2.45, 2.75) is 32.1 Å². The van der Waals surface area contributed by atoms with Crippen LogP contribution in [0.3, 0.4) is 0 Å². The summed E-state index contributed by atoms with van der Waals surface area (Å²) in [7, 11) is 0. The van der Waals surface area contributed by atoms with Gasteiger partial charge in [-0.3, -0.25) is 9.89 Å². The van der Waals surface area contributed by atoms with Crippen LogP contribution in [-0.4, -0.2) is 27.8 Å². The summed E-state index contributed by atoms with van der Waals surface area (Å²) in [5.41, 5.74) is 2.72. The zero-order valence-corrected chi connectivity index (χ0v) is 12.9. The van der Waals surface area contributed by atoms with Crippen molar-refractivity contribution in [1.82, 2.24) is 15.5 Å². The predicted molar refractivity (Wildman–Crippen MR) is 84.2 cm³/mol. The molecule has 122 valence electrons. The maximum Gasteiger partial charge on any atom is 0.226 e. The summed E-state index contributed by atoms with van der Waals surface area (Å²) in [6.45, 7) is 1.11. The monoisotopic (exact) mass is 315 g/mol. The van der Waals surface area contributed by atoms with Crippen LogP contribution in [0.15, 0.2) is 36.7 Å². The number of hydrogen-bond acceptors (Lipinski definition) is 4. The van der Waals surface area contributed by atoms with Crippen LogP contribution >= 0.6 is 0 Å². The molecule has 23 heavy (non-hydrogen) atoms. The quantitative estimate of drug-likeness (QED) is 0.783. The van der Waals surface area contributed by atoms with E-state index in [1.165, 1.54) is 0 Å². The van der Waals surface area contributed by atoms with Gasteiger partial charge in [0.1, 0.15) is 0 Å². The van der Waals surface area contributed by atoms with Gasteiger partial charge in [0.05, 0.1) is 24.8 Å². The first kappa shape index (κ1) is 15.7. The second-order valence-corrected chi connectivity index (χ2v) is 5.77. The van der Waals surface area contributed by atoms with Crippen LogP contribution in [0, 0.1) is 5.92 Å². The van der Waals surface area contributed by atoms with Crippen molar-refractivity contribution in [2.75, 3.05) is 6.61 Å². The molecule has 3 N–H and O–H groups in total. The number of aromatic amines is 1. The second-order valence-electron chi connectivity index (χ2n) is 5.77. The zero-order chi connectivity index (χ0) is 16.1. The second kappa shape index (κ2) is 7.39. The van der Waals surface area contributed by atoms with Gasteiger partial charge >= 0.3 is 0 Å². The van der Waals surface area contributed by atoms with Crippen LogP contribution in [0.25, 0.3) is 0 Å². The number of aliphatic hydroxyl groups is 1. The van der Waals surface area contributed by atoms with Crippen molar-refractivity contribution in [3.05, 3.63) is 53.3 Å². The Bertz CT molecular complexity index is 642. The van der Waals surface area contributed by atoms with Gasteiger partial charge in [-0.15, -0.1) is 0 Å². The number of rotatable bonds is 5. The lowest BCUT2D eigenvalue weighted by Crippen LogP contribution is -2.37. The molecule has 2 heterocycles. The van der Waals surface area contributed by atoms with E-state index in [0.717, 1.165) is 29.5 Å². The first-order valence-corrected chi connectivity index (χ1v) is 7.84. The number of ether oxygens (including phenoxy) is 1. The molecule has 0 saturated carbocycles. The van der Waals surface area contributed by atoms with Gasteiger partial charge in [0.25, 0.3) is 0 Å². The highest BCUT2D eigenvalue weighted by Crippen LogP contribution is 2.33. The predicted octanol–water partition coefficient (Wildman–Crippen LogP) is 1.69. The largest absolute Gasteiger partial charge is 0.392 e. The third-order valence-electron chi connectivity index (χ3n) is 4.15. The summed E-state index contributed by atoms with van der Waals surface area (Å²) in [6, 6.07) is 7.57. The molecule has 1 amide bonds. The van der Waals surface area contributed by atoms with Gasteiger partial charge in [0, 0.05) is 24.9 Å². The lowest BCUT2D eigenvalue weighted by atomic mass is 9.90. The molecule has 2 aromatic rings. The SMILES string of the molecule is O=C(NCc1cccc(CO)c1)[C@@H]1CCCO[C@H]1c1cn[nH]c1. The molecular formula is C17H21N3O3. The Morgan fingerprint density at radius 1 is 1.43 bits per heavy atom. The minimum atomic E-state index is -0.244. The zero-order valence-electron chi connectivity index (χ0n) is 12.9. The van der Waals surface area contributed by atoms with Crippen molar-refractivity contribution in [1.29, 1.82) is 0 Å². The van der Waals surface area contributed by atoms with Crippen molar-refractivity contribution in [2.24, 2.45) is 5.92 Å². The molecule has 0 bridgehead atoms. The standard InChI is InChI=1S/C17H21N3O3/c21-11-13-4-1-3-12(7-13)8-18-17(22)15-5-2-6-23-16(15)14-9-19-20-10-14/h1,3-4,7,9-10,15-16,21H,2,5-6,8,11H2,(H,18,22)(H,19,20)/t15-,16+/m1/s1. The van der Waals surface area contributed by atoms with Gasteiger partial charge in [-0.2, -0.15) is 5.10 Å². The summed E-state index contributed by atoms with van der Waals surface area (Å²) in [6.07, 6.45) is 4.93. The van der Waals surface area contributed by atoms with Gasteiger partial charge in [0.15, 0.2) is 0 Å². The first-order valence-electron chi connectivity index (χ1n) is 7.84. The van der Waals surface area contributed by atoms with E-state index in [4.69, 9.17) is 4.74 Å². The molecule has 2 atom stereocenters. The molecule has 6 nitrogen and oxygen atoms in total. The van der Waals surface area contributed by atoms with E-state index in [2.05, 4.69) is 15.5 Å². The average molecular weight is 315 g/mol. The first-order chi connectivity index (χ1) is 11.3. The highest BCUT2D eigenvalue weighted by atomic mass is 16.5. The van der Waals surface area contributed by atoms with E-state index < -0.39 is 0 Å². The molecule has 0 radical (unpaired) electrons. The number of aliphatic hydroxyl groups excluding tert-OH is 1. The molecule has 1 aromatic heterocycles. The number of amides is 1. The molecule has 1 aliphatic rings. The smallest absolute Gasteiger partial charge is 0.226 e. The topological polar surface area (TPSA) is 87.2 Å². The van der Waals surface area contributed by atoms with Crippen molar-refractivity contribution in [3.8, 4) is 0 Å². The van der Waals surface area contributed by atoms with E-state index in [-0.39, 0.29) is 24.5 Å². The van der Waals surface area contributed by atoms with Crippen LogP contribution in [0.1, 0.15) is 35.6 Å². The van der Waals surface area contributed by atoms with E-state index >= 15 is 0 Å². The molecule has 6 heteroatoms. The molecule has 0 aliphatic carbocycles. The van der Waals surface area contributed by atoms with Gasteiger partial charge in [-0.25, -0.2) is 0 Å². The third-order valence-corrected chi connectivity index (χ3v) is 4.15. The molecular weight excluding hydrogens is 294 g/mol. The molecule has 1 saturated heterocycles. The Morgan fingerprint density at radius 2 is 2.30 bits per heavy atom. The minimum absolute atomic E-state index is 0.000808. The van der Waals surface area contributed by atoms with Gasteiger partial charge in [0.2, 0.25) is 5.91 Å². The van der Waals surface area contributed by atoms with Crippen LogP contribution in [0.5, 0.6) is 0 Å². The Labute approximate surface area is 134 Å². The fourth-order valence-electron chi connectivity index (χ4n) is 2.95. The Kier molecular flexibility index (Phi) is 5.05.